The summed E-state index contributed by atoms with van der Waals surface area (Å²) in [5.74, 6) is 0.0689. The summed E-state index contributed by atoms with van der Waals surface area (Å²) in [6.45, 7) is 1.13. The average Bonchev–Trinajstić information content (AvgIpc) is 3.18. The van der Waals surface area contributed by atoms with E-state index in [4.69, 9.17) is 0 Å². The molecule has 152 valence electrons. The van der Waals surface area contributed by atoms with Gasteiger partial charge in [0.05, 0.1) is 4.88 Å². The first-order chi connectivity index (χ1) is 13.4. The van der Waals surface area contributed by atoms with Crippen molar-refractivity contribution in [1.29, 1.82) is 0 Å². The van der Waals surface area contributed by atoms with Gasteiger partial charge in [0.25, 0.3) is 5.91 Å². The first-order valence-electron chi connectivity index (χ1n) is 8.49. The molecule has 0 aliphatic carbocycles. The molecule has 0 fully saturated rings. The molecular weight excluding hydrogens is 393 g/mol. The molecule has 1 heterocycles. The number of aliphatic imine (C=N–C) groups is 1. The molecule has 1 aromatic carbocycles. The van der Waals surface area contributed by atoms with E-state index in [0.29, 0.717) is 35.9 Å². The highest BCUT2D eigenvalue weighted by Crippen LogP contribution is 2.25. The van der Waals surface area contributed by atoms with Crippen LogP contribution in [0.3, 0.4) is 0 Å². The number of carbonyl (C=O) groups is 1. The van der Waals surface area contributed by atoms with Crippen molar-refractivity contribution in [3.05, 3.63) is 52.2 Å². The fraction of sp³-hybridized carbons (Fsp3) is 0.333. The third-order valence-electron chi connectivity index (χ3n) is 3.54. The molecule has 1 amide bonds. The molecule has 2 aromatic rings. The smallest absolute Gasteiger partial charge is 0.405 e. The fourth-order valence-corrected chi connectivity index (χ4v) is 2.91. The maximum Gasteiger partial charge on any atom is 0.573 e. The monoisotopic (exact) mass is 414 g/mol. The van der Waals surface area contributed by atoms with Crippen LogP contribution in [0.25, 0.3) is 0 Å². The van der Waals surface area contributed by atoms with Crippen molar-refractivity contribution < 1.29 is 22.7 Å². The van der Waals surface area contributed by atoms with Crippen molar-refractivity contribution in [1.82, 2.24) is 16.0 Å². The van der Waals surface area contributed by atoms with Gasteiger partial charge >= 0.3 is 6.36 Å². The summed E-state index contributed by atoms with van der Waals surface area (Å²) in [7, 11) is 1.56. The number of nitrogens with one attached hydrogen (secondary N) is 3. The maximum atomic E-state index is 12.5. The van der Waals surface area contributed by atoms with Gasteiger partial charge in [0, 0.05) is 32.2 Å². The number of halogens is 3. The number of guanidine groups is 1. The Morgan fingerprint density at radius 1 is 1.11 bits per heavy atom. The van der Waals surface area contributed by atoms with Gasteiger partial charge in [0.15, 0.2) is 5.96 Å². The van der Waals surface area contributed by atoms with Crippen molar-refractivity contribution in [3.8, 4) is 5.75 Å². The summed E-state index contributed by atoms with van der Waals surface area (Å²) in [6.07, 6.45) is -4.09. The molecule has 0 radical (unpaired) electrons. The van der Waals surface area contributed by atoms with E-state index in [0.717, 1.165) is 0 Å². The summed E-state index contributed by atoms with van der Waals surface area (Å²) in [5.41, 5.74) is 0.353. The number of nitrogens with zero attached hydrogens (tertiary/aromatic N) is 1. The minimum atomic E-state index is -4.75. The van der Waals surface area contributed by atoms with Gasteiger partial charge in [-0.25, -0.2) is 0 Å². The van der Waals surface area contributed by atoms with Gasteiger partial charge in [0.1, 0.15) is 5.75 Å². The number of amides is 1. The highest BCUT2D eigenvalue weighted by Gasteiger charge is 2.31. The zero-order chi connectivity index (χ0) is 20.4. The zero-order valence-electron chi connectivity index (χ0n) is 15.2. The Morgan fingerprint density at radius 3 is 2.54 bits per heavy atom. The third kappa shape index (κ3) is 7.47. The molecule has 0 unspecified atom stereocenters. The Labute approximate surface area is 164 Å². The molecule has 0 bridgehead atoms. The van der Waals surface area contributed by atoms with E-state index in [1.807, 2.05) is 11.4 Å². The number of thiophene rings is 1. The highest BCUT2D eigenvalue weighted by molar-refractivity contribution is 7.12. The predicted octanol–water partition coefficient (Wildman–Crippen LogP) is 3.13. The number of carbonyl (C=O) groups excluding carboxylic acids is 1. The van der Waals surface area contributed by atoms with Gasteiger partial charge in [-0.05, 0) is 23.9 Å². The first-order valence-corrected chi connectivity index (χ1v) is 9.37. The number of para-hydroxylation sites is 1. The summed E-state index contributed by atoms with van der Waals surface area (Å²) >= 11 is 1.37. The van der Waals surface area contributed by atoms with Crippen LogP contribution < -0.4 is 20.7 Å². The summed E-state index contributed by atoms with van der Waals surface area (Å²) in [4.78, 5) is 16.5. The van der Waals surface area contributed by atoms with Crippen molar-refractivity contribution in [2.24, 2.45) is 4.99 Å². The second-order valence-electron chi connectivity index (χ2n) is 5.59. The molecule has 0 saturated carbocycles. The van der Waals surface area contributed by atoms with Crippen molar-refractivity contribution in [2.75, 3.05) is 20.1 Å². The standard InChI is InChI=1S/C18H21F3N4O2S/c1-22-17(24-10-5-9-23-16(26)15-8-4-11-28-15)25-12-13-6-2-3-7-14(13)27-18(19,20)21/h2-4,6-8,11H,5,9-10,12H2,1H3,(H,23,26)(H2,22,24,25). The van der Waals surface area contributed by atoms with E-state index in [2.05, 4.69) is 25.7 Å². The van der Waals surface area contributed by atoms with Crippen LogP contribution in [-0.4, -0.2) is 38.4 Å². The minimum absolute atomic E-state index is 0.112. The average molecular weight is 414 g/mol. The van der Waals surface area contributed by atoms with E-state index >= 15 is 0 Å². The summed E-state index contributed by atoms with van der Waals surface area (Å²) in [6, 6.07) is 9.48. The second kappa shape index (κ2) is 10.5. The summed E-state index contributed by atoms with van der Waals surface area (Å²) in [5, 5.41) is 10.6. The molecule has 0 atom stereocenters. The first kappa shape index (κ1) is 21.5. The molecule has 28 heavy (non-hydrogen) atoms. The van der Waals surface area contributed by atoms with Crippen molar-refractivity contribution in [2.45, 2.75) is 19.3 Å². The van der Waals surface area contributed by atoms with Crippen LogP contribution in [0.5, 0.6) is 5.75 Å². The normalized spacial score (nSPS) is 11.8. The van der Waals surface area contributed by atoms with Crippen LogP contribution in [0.1, 0.15) is 21.7 Å². The molecule has 10 heteroatoms. The lowest BCUT2D eigenvalue weighted by Gasteiger charge is -2.15. The van der Waals surface area contributed by atoms with Gasteiger partial charge < -0.3 is 20.7 Å². The molecule has 0 spiro atoms. The minimum Gasteiger partial charge on any atom is -0.405 e. The Kier molecular flexibility index (Phi) is 8.12. The van der Waals surface area contributed by atoms with Crippen LogP contribution in [0.4, 0.5) is 13.2 Å². The fourth-order valence-electron chi connectivity index (χ4n) is 2.27. The lowest BCUT2D eigenvalue weighted by atomic mass is 10.2. The van der Waals surface area contributed by atoms with Gasteiger partial charge in [-0.3, -0.25) is 9.79 Å². The summed E-state index contributed by atoms with van der Waals surface area (Å²) < 4.78 is 41.4. The van der Waals surface area contributed by atoms with Crippen LogP contribution in [0, 0.1) is 0 Å². The molecule has 0 aliphatic heterocycles. The van der Waals surface area contributed by atoms with Crippen molar-refractivity contribution >= 4 is 23.2 Å². The lowest BCUT2D eigenvalue weighted by molar-refractivity contribution is -0.274. The van der Waals surface area contributed by atoms with E-state index in [1.165, 1.54) is 23.5 Å². The van der Waals surface area contributed by atoms with Crippen molar-refractivity contribution in [3.63, 3.8) is 0 Å². The molecule has 6 nitrogen and oxygen atoms in total. The van der Waals surface area contributed by atoms with Crippen LogP contribution >= 0.6 is 11.3 Å². The molecule has 0 saturated heterocycles. The number of hydrogen-bond acceptors (Lipinski definition) is 4. The van der Waals surface area contributed by atoms with Crippen LogP contribution in [-0.2, 0) is 6.54 Å². The number of ether oxygens (including phenoxy) is 1. The number of benzene rings is 1. The van der Waals surface area contributed by atoms with Crippen LogP contribution in [0.15, 0.2) is 46.8 Å². The predicted molar refractivity (Wildman–Crippen MR) is 103 cm³/mol. The van der Waals surface area contributed by atoms with E-state index in [9.17, 15) is 18.0 Å². The van der Waals surface area contributed by atoms with Gasteiger partial charge in [-0.2, -0.15) is 0 Å². The Bertz CT molecular complexity index is 779. The largest absolute Gasteiger partial charge is 0.573 e. The quantitative estimate of drug-likeness (QED) is 0.353. The van der Waals surface area contributed by atoms with Gasteiger partial charge in [-0.1, -0.05) is 24.3 Å². The topological polar surface area (TPSA) is 74.8 Å². The zero-order valence-corrected chi connectivity index (χ0v) is 16.0. The molecule has 1 aromatic heterocycles. The molecule has 0 aliphatic rings. The second-order valence-corrected chi connectivity index (χ2v) is 6.54. The lowest BCUT2D eigenvalue weighted by Crippen LogP contribution is -2.38. The van der Waals surface area contributed by atoms with E-state index in [-0.39, 0.29) is 18.2 Å². The van der Waals surface area contributed by atoms with Gasteiger partial charge in [0.2, 0.25) is 0 Å². The molecule has 3 N–H and O–H groups in total. The maximum absolute atomic E-state index is 12.5. The number of alkyl halides is 3. The number of hydrogen-bond donors (Lipinski definition) is 3. The Balaban J connectivity index is 1.73. The SMILES string of the molecule is CN=C(NCCCNC(=O)c1cccs1)NCc1ccccc1OC(F)(F)F. The van der Waals surface area contributed by atoms with Gasteiger partial charge in [-0.15, -0.1) is 24.5 Å². The molecular formula is C18H21F3N4O2S. The Hall–Kier alpha value is -2.75. The molecule has 2 rings (SSSR count). The van der Waals surface area contributed by atoms with Crippen LogP contribution in [0.2, 0.25) is 0 Å². The number of rotatable bonds is 8. The Morgan fingerprint density at radius 2 is 1.86 bits per heavy atom. The highest BCUT2D eigenvalue weighted by atomic mass is 32.1. The third-order valence-corrected chi connectivity index (χ3v) is 4.41. The van der Waals surface area contributed by atoms with E-state index in [1.54, 1.807) is 25.2 Å². The van der Waals surface area contributed by atoms with E-state index < -0.39 is 6.36 Å².